The van der Waals surface area contributed by atoms with Crippen molar-refractivity contribution in [2.75, 3.05) is 12.4 Å². The molecule has 3 aromatic rings. The highest BCUT2D eigenvalue weighted by Gasteiger charge is 2.17. The Morgan fingerprint density at radius 3 is 2.48 bits per heavy atom. The topological polar surface area (TPSA) is 76.5 Å². The largest absolute Gasteiger partial charge is 0.497 e. The molecule has 3 rings (SSSR count). The highest BCUT2D eigenvalue weighted by molar-refractivity contribution is 5.33. The molecule has 0 fully saturated rings. The molecule has 6 heteroatoms. The third kappa shape index (κ3) is 5.18. The van der Waals surface area contributed by atoms with Gasteiger partial charge in [0, 0.05) is 12.3 Å². The van der Waals surface area contributed by atoms with E-state index in [-0.39, 0.29) is 6.04 Å². The predicted molar refractivity (Wildman–Crippen MR) is 104 cm³/mol. The van der Waals surface area contributed by atoms with Gasteiger partial charge in [0.25, 0.3) is 0 Å². The SMILES string of the molecule is COc1ccc(C(O)C(C)Nc2nccc(OCc3ccccc3)n2)cc1. The molecule has 0 aliphatic heterocycles. The van der Waals surface area contributed by atoms with Gasteiger partial charge in [-0.1, -0.05) is 42.5 Å². The molecule has 2 unspecified atom stereocenters. The zero-order valence-electron chi connectivity index (χ0n) is 15.4. The van der Waals surface area contributed by atoms with E-state index < -0.39 is 6.10 Å². The van der Waals surface area contributed by atoms with Crippen molar-refractivity contribution in [2.24, 2.45) is 0 Å². The number of aromatic nitrogens is 2. The minimum Gasteiger partial charge on any atom is -0.497 e. The Balaban J connectivity index is 1.60. The van der Waals surface area contributed by atoms with E-state index in [9.17, 15) is 5.11 Å². The molecule has 0 amide bonds. The lowest BCUT2D eigenvalue weighted by Crippen LogP contribution is -2.25. The van der Waals surface area contributed by atoms with Crippen molar-refractivity contribution in [3.63, 3.8) is 0 Å². The van der Waals surface area contributed by atoms with Crippen LogP contribution in [0.1, 0.15) is 24.2 Å². The van der Waals surface area contributed by atoms with Crippen molar-refractivity contribution in [3.8, 4) is 11.6 Å². The van der Waals surface area contributed by atoms with Crippen LogP contribution in [0.4, 0.5) is 5.95 Å². The monoisotopic (exact) mass is 365 g/mol. The van der Waals surface area contributed by atoms with Crippen LogP contribution in [-0.2, 0) is 6.61 Å². The van der Waals surface area contributed by atoms with Crippen LogP contribution in [-0.4, -0.2) is 28.2 Å². The number of methoxy groups -OCH3 is 1. The van der Waals surface area contributed by atoms with E-state index >= 15 is 0 Å². The summed E-state index contributed by atoms with van der Waals surface area (Å²) in [4.78, 5) is 8.56. The van der Waals surface area contributed by atoms with Crippen LogP contribution in [0, 0.1) is 0 Å². The zero-order chi connectivity index (χ0) is 19.1. The Morgan fingerprint density at radius 2 is 1.78 bits per heavy atom. The maximum Gasteiger partial charge on any atom is 0.226 e. The van der Waals surface area contributed by atoms with Gasteiger partial charge in [-0.05, 0) is 30.2 Å². The van der Waals surface area contributed by atoms with E-state index in [2.05, 4.69) is 15.3 Å². The summed E-state index contributed by atoms with van der Waals surface area (Å²) in [6.07, 6.45) is 0.913. The van der Waals surface area contributed by atoms with Gasteiger partial charge in [-0.2, -0.15) is 4.98 Å². The number of anilines is 1. The fraction of sp³-hybridized carbons (Fsp3) is 0.238. The summed E-state index contributed by atoms with van der Waals surface area (Å²) >= 11 is 0. The van der Waals surface area contributed by atoms with Crippen molar-refractivity contribution in [2.45, 2.75) is 25.7 Å². The van der Waals surface area contributed by atoms with Crippen molar-refractivity contribution >= 4 is 5.95 Å². The third-order valence-corrected chi connectivity index (χ3v) is 4.15. The lowest BCUT2D eigenvalue weighted by Gasteiger charge is -2.21. The Morgan fingerprint density at radius 1 is 1.04 bits per heavy atom. The predicted octanol–water partition coefficient (Wildman–Crippen LogP) is 3.60. The summed E-state index contributed by atoms with van der Waals surface area (Å²) in [5.41, 5.74) is 1.85. The maximum absolute atomic E-state index is 10.5. The molecule has 0 radical (unpaired) electrons. The molecular formula is C21H23N3O3. The summed E-state index contributed by atoms with van der Waals surface area (Å²) in [5.74, 6) is 1.63. The third-order valence-electron chi connectivity index (χ3n) is 4.15. The maximum atomic E-state index is 10.5. The van der Waals surface area contributed by atoms with E-state index in [0.717, 1.165) is 16.9 Å². The van der Waals surface area contributed by atoms with Gasteiger partial charge in [-0.25, -0.2) is 4.98 Å². The minimum absolute atomic E-state index is 0.289. The second kappa shape index (κ2) is 9.00. The number of aliphatic hydroxyl groups is 1. The molecule has 0 spiro atoms. The number of nitrogens with one attached hydrogen (secondary N) is 1. The van der Waals surface area contributed by atoms with Gasteiger partial charge in [0.2, 0.25) is 11.8 Å². The molecule has 0 aliphatic rings. The molecule has 0 bridgehead atoms. The van der Waals surface area contributed by atoms with Crippen LogP contribution in [0.5, 0.6) is 11.6 Å². The van der Waals surface area contributed by atoms with E-state index in [0.29, 0.717) is 18.4 Å². The van der Waals surface area contributed by atoms with Crippen LogP contribution < -0.4 is 14.8 Å². The molecule has 1 heterocycles. The summed E-state index contributed by atoms with van der Waals surface area (Å²) in [7, 11) is 1.61. The zero-order valence-corrected chi connectivity index (χ0v) is 15.4. The molecule has 6 nitrogen and oxygen atoms in total. The summed E-state index contributed by atoms with van der Waals surface area (Å²) in [5, 5.41) is 13.7. The first-order chi connectivity index (χ1) is 13.2. The quantitative estimate of drug-likeness (QED) is 0.635. The van der Waals surface area contributed by atoms with E-state index in [4.69, 9.17) is 9.47 Å². The number of aliphatic hydroxyl groups excluding tert-OH is 1. The standard InChI is InChI=1S/C21H23N3O3/c1-15(20(25)17-8-10-18(26-2)11-9-17)23-21-22-13-12-19(24-21)27-14-16-6-4-3-5-7-16/h3-13,15,20,25H,14H2,1-2H3,(H,22,23,24). The van der Waals surface area contributed by atoms with Crippen molar-refractivity contribution < 1.29 is 14.6 Å². The minimum atomic E-state index is -0.714. The number of rotatable bonds is 8. The normalized spacial score (nSPS) is 12.9. The lowest BCUT2D eigenvalue weighted by molar-refractivity contribution is 0.160. The van der Waals surface area contributed by atoms with Gasteiger partial charge in [0.1, 0.15) is 12.4 Å². The summed E-state index contributed by atoms with van der Waals surface area (Å²) < 4.78 is 10.9. The number of hydrogen-bond donors (Lipinski definition) is 2. The number of benzene rings is 2. The fourth-order valence-corrected chi connectivity index (χ4v) is 2.60. The van der Waals surface area contributed by atoms with Crippen molar-refractivity contribution in [3.05, 3.63) is 78.0 Å². The number of ether oxygens (including phenoxy) is 2. The van der Waals surface area contributed by atoms with Gasteiger partial charge in [-0.15, -0.1) is 0 Å². The molecule has 27 heavy (non-hydrogen) atoms. The second-order valence-electron chi connectivity index (χ2n) is 6.14. The number of hydrogen-bond acceptors (Lipinski definition) is 6. The van der Waals surface area contributed by atoms with Crippen LogP contribution >= 0.6 is 0 Å². The molecule has 0 saturated heterocycles. The van der Waals surface area contributed by atoms with Gasteiger partial charge in [-0.3, -0.25) is 0 Å². The number of nitrogens with zero attached hydrogens (tertiary/aromatic N) is 2. The summed E-state index contributed by atoms with van der Waals surface area (Å²) in [6.45, 7) is 2.30. The second-order valence-corrected chi connectivity index (χ2v) is 6.14. The van der Waals surface area contributed by atoms with Crippen LogP contribution in [0.15, 0.2) is 66.9 Å². The highest BCUT2D eigenvalue weighted by Crippen LogP contribution is 2.22. The van der Waals surface area contributed by atoms with Gasteiger partial charge < -0.3 is 19.9 Å². The first-order valence-electron chi connectivity index (χ1n) is 8.74. The Bertz CT molecular complexity index is 841. The van der Waals surface area contributed by atoms with Crippen molar-refractivity contribution in [1.82, 2.24) is 9.97 Å². The average Bonchev–Trinajstić information content (AvgIpc) is 2.73. The van der Waals surface area contributed by atoms with Crippen LogP contribution in [0.25, 0.3) is 0 Å². The first kappa shape index (κ1) is 18.7. The molecule has 2 N–H and O–H groups in total. The fourth-order valence-electron chi connectivity index (χ4n) is 2.60. The Labute approximate surface area is 158 Å². The van der Waals surface area contributed by atoms with E-state index in [1.54, 1.807) is 19.4 Å². The molecular weight excluding hydrogens is 342 g/mol. The Kier molecular flexibility index (Phi) is 6.22. The highest BCUT2D eigenvalue weighted by atomic mass is 16.5. The summed E-state index contributed by atoms with van der Waals surface area (Å²) in [6, 6.07) is 18.6. The first-order valence-corrected chi connectivity index (χ1v) is 8.74. The average molecular weight is 365 g/mol. The molecule has 140 valence electrons. The molecule has 0 saturated carbocycles. The van der Waals surface area contributed by atoms with Crippen LogP contribution in [0.2, 0.25) is 0 Å². The molecule has 2 atom stereocenters. The lowest BCUT2D eigenvalue weighted by atomic mass is 10.0. The molecule has 1 aromatic heterocycles. The van der Waals surface area contributed by atoms with E-state index in [1.165, 1.54) is 0 Å². The van der Waals surface area contributed by atoms with E-state index in [1.807, 2.05) is 61.5 Å². The van der Waals surface area contributed by atoms with Gasteiger partial charge >= 0.3 is 0 Å². The van der Waals surface area contributed by atoms with Gasteiger partial charge in [0.05, 0.1) is 19.3 Å². The molecule has 2 aromatic carbocycles. The van der Waals surface area contributed by atoms with Crippen molar-refractivity contribution in [1.29, 1.82) is 0 Å². The Hall–Kier alpha value is -3.12. The van der Waals surface area contributed by atoms with Crippen LogP contribution in [0.3, 0.4) is 0 Å². The van der Waals surface area contributed by atoms with Gasteiger partial charge in [0.15, 0.2) is 0 Å². The molecule has 0 aliphatic carbocycles. The smallest absolute Gasteiger partial charge is 0.226 e.